The molecule has 1 heteroatoms. The first-order chi connectivity index (χ1) is 20.3. The van der Waals surface area contributed by atoms with E-state index >= 15 is 0 Å². The third-order valence-corrected chi connectivity index (χ3v) is 6.65. The second-order valence-corrected chi connectivity index (χ2v) is 9.42. The van der Waals surface area contributed by atoms with Gasteiger partial charge in [-0.25, -0.2) is 0 Å². The number of benzene rings is 6. The van der Waals surface area contributed by atoms with Crippen molar-refractivity contribution >= 4 is 0 Å². The van der Waals surface area contributed by atoms with Gasteiger partial charge in [-0.2, -0.15) is 0 Å². The molecule has 6 rings (SSSR count). The van der Waals surface area contributed by atoms with Crippen LogP contribution in [-0.2, 0) is 0 Å². The number of hydrogen-bond donors (Lipinski definition) is 0. The van der Waals surface area contributed by atoms with Gasteiger partial charge >= 0.3 is 0 Å². The summed E-state index contributed by atoms with van der Waals surface area (Å²) in [6.07, 6.45) is 0. The first kappa shape index (κ1) is 25.5. The Bertz CT molecular complexity index is 1740. The van der Waals surface area contributed by atoms with Crippen molar-refractivity contribution < 1.29 is 4.74 Å². The van der Waals surface area contributed by atoms with Crippen molar-refractivity contribution in [1.82, 2.24) is 0 Å². The molecule has 6 aromatic carbocycles. The summed E-state index contributed by atoms with van der Waals surface area (Å²) in [6.45, 7) is 0. The van der Waals surface area contributed by atoms with E-state index in [1.165, 1.54) is 0 Å². The average molecular weight is 523 g/mol. The van der Waals surface area contributed by atoms with Gasteiger partial charge in [-0.05, 0) is 47.5 Å². The molecular formula is C40H26O. The normalized spacial score (nSPS) is 10.0. The summed E-state index contributed by atoms with van der Waals surface area (Å²) in [5.41, 5.74) is 7.74. The molecular weight excluding hydrogens is 496 g/mol. The van der Waals surface area contributed by atoms with Crippen molar-refractivity contribution in [3.63, 3.8) is 0 Å². The smallest absolute Gasteiger partial charge is 0.143 e. The van der Waals surface area contributed by atoms with E-state index in [0.29, 0.717) is 11.5 Å². The Hall–Kier alpha value is -5.76. The summed E-state index contributed by atoms with van der Waals surface area (Å²) in [6, 6.07) is 52.8. The van der Waals surface area contributed by atoms with Crippen LogP contribution in [0.4, 0.5) is 0 Å². The first-order valence-corrected chi connectivity index (χ1v) is 13.5. The van der Waals surface area contributed by atoms with Gasteiger partial charge in [-0.1, -0.05) is 145 Å². The van der Waals surface area contributed by atoms with Crippen LogP contribution < -0.4 is 4.74 Å². The van der Waals surface area contributed by atoms with Crippen LogP contribution in [-0.4, -0.2) is 0 Å². The quantitative estimate of drug-likeness (QED) is 0.209. The van der Waals surface area contributed by atoms with E-state index < -0.39 is 0 Å². The van der Waals surface area contributed by atoms with Crippen LogP contribution in [0, 0.1) is 23.7 Å². The second-order valence-electron chi connectivity index (χ2n) is 9.42. The highest BCUT2D eigenvalue weighted by atomic mass is 16.5. The molecule has 192 valence electrons. The molecule has 0 heterocycles. The van der Waals surface area contributed by atoms with Crippen LogP contribution in [0.3, 0.4) is 0 Å². The third kappa shape index (κ3) is 6.12. The van der Waals surface area contributed by atoms with Gasteiger partial charge in [0.15, 0.2) is 0 Å². The minimum absolute atomic E-state index is 0.683. The van der Waals surface area contributed by atoms with Crippen molar-refractivity contribution in [3.8, 4) is 57.4 Å². The zero-order chi connectivity index (χ0) is 27.7. The topological polar surface area (TPSA) is 9.23 Å². The van der Waals surface area contributed by atoms with E-state index in [-0.39, 0.29) is 0 Å². The number of rotatable bonds is 4. The van der Waals surface area contributed by atoms with E-state index in [2.05, 4.69) is 60.1 Å². The van der Waals surface area contributed by atoms with Gasteiger partial charge in [0.05, 0.1) is 11.1 Å². The zero-order valence-corrected chi connectivity index (χ0v) is 22.4. The average Bonchev–Trinajstić information content (AvgIpc) is 3.05. The molecule has 0 spiro atoms. The van der Waals surface area contributed by atoms with Gasteiger partial charge < -0.3 is 4.74 Å². The maximum absolute atomic E-state index is 6.74. The predicted molar refractivity (Wildman–Crippen MR) is 169 cm³/mol. The van der Waals surface area contributed by atoms with Crippen LogP contribution in [0.15, 0.2) is 158 Å². The van der Waals surface area contributed by atoms with Gasteiger partial charge in [0, 0.05) is 22.3 Å². The highest BCUT2D eigenvalue weighted by Crippen LogP contribution is 2.37. The molecule has 41 heavy (non-hydrogen) atoms. The molecule has 0 amide bonds. The lowest BCUT2D eigenvalue weighted by Crippen LogP contribution is -1.96. The standard InChI is InChI=1S/C40H26O/c1-5-15-31(16-6-1)27-29-37-35(33-19-9-3-10-20-33)23-13-25-39(37)41-40-26-14-24-36(34-21-11-4-12-22-34)38(40)30-28-32-17-7-2-8-18-32/h1-26H. The Morgan fingerprint density at radius 2 is 0.683 bits per heavy atom. The van der Waals surface area contributed by atoms with E-state index in [4.69, 9.17) is 4.74 Å². The molecule has 0 N–H and O–H groups in total. The molecule has 0 aromatic heterocycles. The minimum Gasteiger partial charge on any atom is -0.455 e. The lowest BCUT2D eigenvalue weighted by atomic mass is 9.97. The van der Waals surface area contributed by atoms with E-state index in [1.54, 1.807) is 0 Å². The molecule has 0 fully saturated rings. The monoisotopic (exact) mass is 522 g/mol. The van der Waals surface area contributed by atoms with Crippen molar-refractivity contribution in [2.24, 2.45) is 0 Å². The Morgan fingerprint density at radius 1 is 0.317 bits per heavy atom. The summed E-state index contributed by atoms with van der Waals surface area (Å²) >= 11 is 0. The first-order valence-electron chi connectivity index (χ1n) is 13.5. The van der Waals surface area contributed by atoms with Gasteiger partial charge in [0.2, 0.25) is 0 Å². The number of hydrogen-bond acceptors (Lipinski definition) is 1. The summed E-state index contributed by atoms with van der Waals surface area (Å²) in [5.74, 6) is 14.9. The molecule has 0 aliphatic rings. The fraction of sp³-hybridized carbons (Fsp3) is 0. The fourth-order valence-corrected chi connectivity index (χ4v) is 4.64. The third-order valence-electron chi connectivity index (χ3n) is 6.65. The molecule has 0 saturated carbocycles. The highest BCUT2D eigenvalue weighted by molar-refractivity contribution is 5.77. The van der Waals surface area contributed by atoms with E-state index in [0.717, 1.165) is 44.5 Å². The van der Waals surface area contributed by atoms with Gasteiger partial charge in [-0.15, -0.1) is 0 Å². The van der Waals surface area contributed by atoms with Gasteiger partial charge in [0.25, 0.3) is 0 Å². The van der Waals surface area contributed by atoms with Crippen molar-refractivity contribution in [2.45, 2.75) is 0 Å². The molecule has 1 nitrogen and oxygen atoms in total. The SMILES string of the molecule is C(#Cc1c(Oc2cccc(-c3ccccc3)c2C#Cc2ccccc2)cccc1-c1ccccc1)c1ccccc1. The summed E-state index contributed by atoms with van der Waals surface area (Å²) in [7, 11) is 0. The zero-order valence-electron chi connectivity index (χ0n) is 22.4. The molecule has 0 unspecified atom stereocenters. The Labute approximate surface area is 241 Å². The van der Waals surface area contributed by atoms with Crippen molar-refractivity contribution in [1.29, 1.82) is 0 Å². The van der Waals surface area contributed by atoms with Crippen molar-refractivity contribution in [2.75, 3.05) is 0 Å². The summed E-state index contributed by atoms with van der Waals surface area (Å²) in [4.78, 5) is 0. The van der Waals surface area contributed by atoms with Gasteiger partial charge in [-0.3, -0.25) is 0 Å². The molecule has 6 aromatic rings. The minimum atomic E-state index is 0.683. The largest absolute Gasteiger partial charge is 0.455 e. The fourth-order valence-electron chi connectivity index (χ4n) is 4.64. The number of ether oxygens (including phenoxy) is 1. The van der Waals surface area contributed by atoms with Gasteiger partial charge in [0.1, 0.15) is 11.5 Å². The van der Waals surface area contributed by atoms with Crippen LogP contribution in [0.25, 0.3) is 22.3 Å². The van der Waals surface area contributed by atoms with Crippen LogP contribution in [0.5, 0.6) is 11.5 Å². The molecule has 0 bridgehead atoms. The highest BCUT2D eigenvalue weighted by Gasteiger charge is 2.15. The lowest BCUT2D eigenvalue weighted by molar-refractivity contribution is 0.480. The van der Waals surface area contributed by atoms with Crippen molar-refractivity contribution in [3.05, 3.63) is 180 Å². The van der Waals surface area contributed by atoms with Crippen LogP contribution >= 0.6 is 0 Å². The Balaban J connectivity index is 1.50. The lowest BCUT2D eigenvalue weighted by Gasteiger charge is -2.15. The van der Waals surface area contributed by atoms with Crippen LogP contribution in [0.1, 0.15) is 22.3 Å². The molecule has 0 aliphatic heterocycles. The van der Waals surface area contributed by atoms with E-state index in [1.807, 2.05) is 121 Å². The van der Waals surface area contributed by atoms with E-state index in [9.17, 15) is 0 Å². The Kier molecular flexibility index (Phi) is 7.72. The molecule has 0 atom stereocenters. The molecule has 0 radical (unpaired) electrons. The summed E-state index contributed by atoms with van der Waals surface area (Å²) in [5, 5.41) is 0. The maximum Gasteiger partial charge on any atom is 0.143 e. The maximum atomic E-state index is 6.74. The second kappa shape index (κ2) is 12.4. The Morgan fingerprint density at radius 3 is 1.07 bits per heavy atom. The van der Waals surface area contributed by atoms with Crippen LogP contribution in [0.2, 0.25) is 0 Å². The summed E-state index contributed by atoms with van der Waals surface area (Å²) < 4.78 is 6.74. The predicted octanol–water partition coefficient (Wildman–Crippen LogP) is 9.61. The molecule has 0 saturated heterocycles. The molecule has 0 aliphatic carbocycles.